The van der Waals surface area contributed by atoms with Crippen LogP contribution in [0, 0.1) is 5.82 Å². The molecule has 5 heteroatoms. The van der Waals surface area contributed by atoms with E-state index in [2.05, 4.69) is 0 Å². The molecule has 0 heterocycles. The number of hydrogen-bond acceptors (Lipinski definition) is 1. The third-order valence-corrected chi connectivity index (χ3v) is 3.48. The summed E-state index contributed by atoms with van der Waals surface area (Å²) < 4.78 is 14.0. The van der Waals surface area contributed by atoms with E-state index in [0.717, 1.165) is 0 Å². The molecule has 2 rings (SSSR count). The van der Waals surface area contributed by atoms with E-state index in [4.69, 9.17) is 28.3 Å². The molecule has 19 heavy (non-hydrogen) atoms. The molecule has 0 aliphatic heterocycles. The number of carboxylic acids is 1. The average molecular weight is 299 g/mol. The van der Waals surface area contributed by atoms with Gasteiger partial charge in [-0.2, -0.15) is 0 Å². The first-order chi connectivity index (χ1) is 9.00. The third kappa shape index (κ3) is 2.88. The molecule has 2 aromatic rings. The van der Waals surface area contributed by atoms with Gasteiger partial charge in [-0.05, 0) is 17.7 Å². The molecule has 0 amide bonds. The average Bonchev–Trinajstić information content (AvgIpc) is 2.33. The van der Waals surface area contributed by atoms with Crippen molar-refractivity contribution in [2.45, 2.75) is 6.42 Å². The highest BCUT2D eigenvalue weighted by Gasteiger charge is 2.16. The normalized spacial score (nSPS) is 10.5. The lowest BCUT2D eigenvalue weighted by molar-refractivity contribution is -0.136. The molecular formula is C14H9Cl2FO2. The molecule has 0 radical (unpaired) electrons. The molecule has 0 fully saturated rings. The van der Waals surface area contributed by atoms with Gasteiger partial charge in [-0.25, -0.2) is 4.39 Å². The van der Waals surface area contributed by atoms with Gasteiger partial charge in [0, 0.05) is 11.1 Å². The smallest absolute Gasteiger partial charge is 0.307 e. The van der Waals surface area contributed by atoms with Gasteiger partial charge in [0.2, 0.25) is 0 Å². The lowest BCUT2D eigenvalue weighted by atomic mass is 9.97. The minimum Gasteiger partial charge on any atom is -0.481 e. The van der Waals surface area contributed by atoms with Crippen molar-refractivity contribution in [2.24, 2.45) is 0 Å². The van der Waals surface area contributed by atoms with E-state index >= 15 is 0 Å². The fourth-order valence-corrected chi connectivity index (χ4v) is 2.27. The van der Waals surface area contributed by atoms with Crippen molar-refractivity contribution >= 4 is 29.2 Å². The first-order valence-electron chi connectivity index (χ1n) is 5.44. The van der Waals surface area contributed by atoms with Crippen molar-refractivity contribution in [3.8, 4) is 11.1 Å². The maximum absolute atomic E-state index is 14.0. The Labute approximate surface area is 119 Å². The fraction of sp³-hybridized carbons (Fsp3) is 0.0714. The monoisotopic (exact) mass is 298 g/mol. The highest BCUT2D eigenvalue weighted by molar-refractivity contribution is 6.43. The number of rotatable bonds is 3. The Hall–Kier alpha value is -1.58. The van der Waals surface area contributed by atoms with E-state index in [1.165, 1.54) is 12.1 Å². The van der Waals surface area contributed by atoms with Gasteiger partial charge in [0.25, 0.3) is 0 Å². The molecule has 0 unspecified atom stereocenters. The van der Waals surface area contributed by atoms with Gasteiger partial charge in [-0.15, -0.1) is 0 Å². The first kappa shape index (κ1) is 13.8. The summed E-state index contributed by atoms with van der Waals surface area (Å²) in [5.74, 6) is -1.56. The molecule has 0 aliphatic carbocycles. The second-order valence-corrected chi connectivity index (χ2v) is 4.73. The summed E-state index contributed by atoms with van der Waals surface area (Å²) in [5.41, 5.74) is 0.928. The van der Waals surface area contributed by atoms with Crippen molar-refractivity contribution in [1.29, 1.82) is 0 Å². The van der Waals surface area contributed by atoms with Gasteiger partial charge in [0.15, 0.2) is 0 Å². The van der Waals surface area contributed by atoms with E-state index in [1.54, 1.807) is 24.3 Å². The Morgan fingerprint density at radius 3 is 2.53 bits per heavy atom. The Morgan fingerprint density at radius 2 is 1.84 bits per heavy atom. The number of carbonyl (C=O) groups is 1. The van der Waals surface area contributed by atoms with Gasteiger partial charge >= 0.3 is 5.97 Å². The maximum Gasteiger partial charge on any atom is 0.307 e. The lowest BCUT2D eigenvalue weighted by Crippen LogP contribution is -2.03. The fourth-order valence-electron chi connectivity index (χ4n) is 1.88. The van der Waals surface area contributed by atoms with Crippen LogP contribution < -0.4 is 0 Å². The van der Waals surface area contributed by atoms with Crippen molar-refractivity contribution in [2.75, 3.05) is 0 Å². The van der Waals surface area contributed by atoms with Gasteiger partial charge in [-0.3, -0.25) is 4.79 Å². The third-order valence-electron chi connectivity index (χ3n) is 2.66. The van der Waals surface area contributed by atoms with E-state index < -0.39 is 11.8 Å². The zero-order chi connectivity index (χ0) is 14.0. The number of aliphatic carboxylic acids is 1. The summed E-state index contributed by atoms with van der Waals surface area (Å²) >= 11 is 12.0. The summed E-state index contributed by atoms with van der Waals surface area (Å²) in [5, 5.41) is 9.38. The molecule has 0 bridgehead atoms. The predicted molar refractivity (Wildman–Crippen MR) is 73.2 cm³/mol. The predicted octanol–water partition coefficient (Wildman–Crippen LogP) is 4.43. The molecule has 98 valence electrons. The SMILES string of the molecule is O=C(O)Cc1cccc(F)c1-c1cccc(Cl)c1Cl. The molecule has 0 saturated carbocycles. The van der Waals surface area contributed by atoms with Gasteiger partial charge in [0.05, 0.1) is 16.5 Å². The first-order valence-corrected chi connectivity index (χ1v) is 6.20. The summed E-state index contributed by atoms with van der Waals surface area (Å²) in [6, 6.07) is 9.13. The van der Waals surface area contributed by atoms with Crippen LogP contribution >= 0.6 is 23.2 Å². The Morgan fingerprint density at radius 1 is 1.16 bits per heavy atom. The number of hydrogen-bond donors (Lipinski definition) is 1. The molecule has 0 aliphatic rings. The Kier molecular flexibility index (Phi) is 4.08. The van der Waals surface area contributed by atoms with E-state index in [-0.39, 0.29) is 17.0 Å². The van der Waals surface area contributed by atoms with Crippen LogP contribution in [0.15, 0.2) is 36.4 Å². The van der Waals surface area contributed by atoms with E-state index in [9.17, 15) is 9.18 Å². The number of carboxylic acid groups (broad SMARTS) is 1. The Balaban J connectivity index is 2.67. The van der Waals surface area contributed by atoms with E-state index in [1.807, 2.05) is 0 Å². The molecule has 2 aromatic carbocycles. The summed E-state index contributed by atoms with van der Waals surface area (Å²) in [6.45, 7) is 0. The molecule has 0 spiro atoms. The molecular weight excluding hydrogens is 290 g/mol. The lowest BCUT2D eigenvalue weighted by Gasteiger charge is -2.11. The summed E-state index contributed by atoms with van der Waals surface area (Å²) in [7, 11) is 0. The van der Waals surface area contributed by atoms with Gasteiger partial charge in [0.1, 0.15) is 5.82 Å². The maximum atomic E-state index is 14.0. The van der Waals surface area contributed by atoms with Crippen LogP contribution in [0.4, 0.5) is 4.39 Å². The van der Waals surface area contributed by atoms with Crippen LogP contribution in [-0.4, -0.2) is 11.1 Å². The summed E-state index contributed by atoms with van der Waals surface area (Å²) in [6.07, 6.45) is -0.282. The van der Waals surface area contributed by atoms with Crippen LogP contribution in [0.1, 0.15) is 5.56 Å². The minimum absolute atomic E-state index is 0.178. The van der Waals surface area contributed by atoms with Crippen LogP contribution in [0.3, 0.4) is 0 Å². The van der Waals surface area contributed by atoms with Crippen LogP contribution in [0.2, 0.25) is 10.0 Å². The van der Waals surface area contributed by atoms with Gasteiger partial charge < -0.3 is 5.11 Å². The summed E-state index contributed by atoms with van der Waals surface area (Å²) in [4.78, 5) is 10.8. The molecule has 0 atom stereocenters. The van der Waals surface area contributed by atoms with Crippen LogP contribution in [0.5, 0.6) is 0 Å². The zero-order valence-electron chi connectivity index (χ0n) is 9.66. The molecule has 1 N–H and O–H groups in total. The minimum atomic E-state index is -1.04. The highest BCUT2D eigenvalue weighted by atomic mass is 35.5. The highest BCUT2D eigenvalue weighted by Crippen LogP contribution is 2.36. The van der Waals surface area contributed by atoms with E-state index in [0.29, 0.717) is 16.1 Å². The molecule has 0 saturated heterocycles. The van der Waals surface area contributed by atoms with Gasteiger partial charge in [-0.1, -0.05) is 47.5 Å². The van der Waals surface area contributed by atoms with Crippen molar-refractivity contribution in [3.05, 3.63) is 57.8 Å². The number of halogens is 3. The van der Waals surface area contributed by atoms with Crippen LogP contribution in [-0.2, 0) is 11.2 Å². The second kappa shape index (κ2) is 5.59. The quantitative estimate of drug-likeness (QED) is 0.910. The standard InChI is InChI=1S/C14H9Cl2FO2/c15-10-5-2-4-9(14(10)16)13-8(7-12(18)19)3-1-6-11(13)17/h1-6H,7H2,(H,18,19). The van der Waals surface area contributed by atoms with Crippen molar-refractivity contribution < 1.29 is 14.3 Å². The zero-order valence-corrected chi connectivity index (χ0v) is 11.2. The topological polar surface area (TPSA) is 37.3 Å². The van der Waals surface area contributed by atoms with Crippen molar-refractivity contribution in [3.63, 3.8) is 0 Å². The van der Waals surface area contributed by atoms with Crippen molar-refractivity contribution in [1.82, 2.24) is 0 Å². The Bertz CT molecular complexity index is 641. The molecule has 0 aromatic heterocycles. The second-order valence-electron chi connectivity index (χ2n) is 3.95. The largest absolute Gasteiger partial charge is 0.481 e. The molecule has 2 nitrogen and oxygen atoms in total. The number of benzene rings is 2. The van der Waals surface area contributed by atoms with Crippen LogP contribution in [0.25, 0.3) is 11.1 Å².